The molecule has 33 heavy (non-hydrogen) atoms. The molecule has 5 rings (SSSR count). The second-order valence-electron chi connectivity index (χ2n) is 7.96. The zero-order valence-electron chi connectivity index (χ0n) is 17.6. The Morgan fingerprint density at radius 1 is 0.788 bits per heavy atom. The van der Waals surface area contributed by atoms with E-state index in [4.69, 9.17) is 39.8 Å². The number of rotatable bonds is 3. The molecule has 0 saturated carbocycles. The predicted octanol–water partition coefficient (Wildman–Crippen LogP) is 6.82. The van der Waals surface area contributed by atoms with Crippen LogP contribution in [0.2, 0.25) is 15.1 Å². The Morgan fingerprint density at radius 2 is 1.55 bits per heavy atom. The highest BCUT2D eigenvalue weighted by atomic mass is 35.5. The molecular weight excluding hydrogens is 477 g/mol. The van der Waals surface area contributed by atoms with Crippen LogP contribution in [0.5, 0.6) is 0 Å². The van der Waals surface area contributed by atoms with Crippen LogP contribution in [0.4, 0.5) is 5.69 Å². The van der Waals surface area contributed by atoms with E-state index in [1.54, 1.807) is 12.1 Å². The van der Waals surface area contributed by atoms with Crippen LogP contribution in [0.25, 0.3) is 22.2 Å². The molecule has 1 aromatic heterocycles. The van der Waals surface area contributed by atoms with Gasteiger partial charge in [-0.3, -0.25) is 4.79 Å². The lowest BCUT2D eigenvalue weighted by atomic mass is 10.0. The maximum atomic E-state index is 13.6. The highest BCUT2D eigenvalue weighted by molar-refractivity contribution is 6.36. The average molecular weight is 497 g/mol. The molecular formula is C26H20Cl3N3O. The summed E-state index contributed by atoms with van der Waals surface area (Å²) in [5.41, 5.74) is 3.84. The van der Waals surface area contributed by atoms with Gasteiger partial charge in [-0.1, -0.05) is 59.1 Å². The summed E-state index contributed by atoms with van der Waals surface area (Å²) >= 11 is 18.7. The van der Waals surface area contributed by atoms with Crippen LogP contribution in [0.1, 0.15) is 10.4 Å². The van der Waals surface area contributed by atoms with Crippen molar-refractivity contribution in [2.45, 2.75) is 0 Å². The Morgan fingerprint density at radius 3 is 2.30 bits per heavy atom. The third-order valence-electron chi connectivity index (χ3n) is 5.89. The van der Waals surface area contributed by atoms with Crippen molar-refractivity contribution in [1.29, 1.82) is 0 Å². The lowest BCUT2D eigenvalue weighted by Gasteiger charge is -2.36. The van der Waals surface area contributed by atoms with E-state index in [2.05, 4.69) is 4.90 Å². The van der Waals surface area contributed by atoms with Crippen molar-refractivity contribution >= 4 is 57.3 Å². The molecule has 3 aromatic carbocycles. The molecule has 1 aliphatic rings. The first-order valence-corrected chi connectivity index (χ1v) is 11.8. The number of hydrogen-bond donors (Lipinski definition) is 0. The van der Waals surface area contributed by atoms with Crippen molar-refractivity contribution < 1.29 is 4.79 Å². The van der Waals surface area contributed by atoms with Gasteiger partial charge >= 0.3 is 0 Å². The maximum Gasteiger partial charge on any atom is 0.254 e. The zero-order chi connectivity index (χ0) is 22.9. The molecule has 0 spiro atoms. The number of fused-ring (bicyclic) bond motifs is 1. The van der Waals surface area contributed by atoms with E-state index in [0.717, 1.165) is 35.2 Å². The molecule has 4 nitrogen and oxygen atoms in total. The van der Waals surface area contributed by atoms with Gasteiger partial charge in [-0.05, 0) is 48.5 Å². The van der Waals surface area contributed by atoms with Crippen LogP contribution in [-0.2, 0) is 0 Å². The fraction of sp³-hybridized carbons (Fsp3) is 0.154. The van der Waals surface area contributed by atoms with Gasteiger partial charge in [0.15, 0.2) is 0 Å². The molecule has 1 amide bonds. The summed E-state index contributed by atoms with van der Waals surface area (Å²) in [6, 6.07) is 22.6. The van der Waals surface area contributed by atoms with Crippen LogP contribution in [0.3, 0.4) is 0 Å². The van der Waals surface area contributed by atoms with Crippen LogP contribution in [0, 0.1) is 0 Å². The summed E-state index contributed by atoms with van der Waals surface area (Å²) in [6.07, 6.45) is 0. The first-order chi connectivity index (χ1) is 16.0. The fourth-order valence-electron chi connectivity index (χ4n) is 4.20. The minimum atomic E-state index is -0.00863. The van der Waals surface area contributed by atoms with E-state index in [1.807, 2.05) is 65.6 Å². The van der Waals surface area contributed by atoms with Crippen LogP contribution >= 0.6 is 34.8 Å². The van der Waals surface area contributed by atoms with Gasteiger partial charge in [-0.2, -0.15) is 0 Å². The number of carbonyl (C=O) groups excluding carboxylic acids is 1. The van der Waals surface area contributed by atoms with E-state index in [-0.39, 0.29) is 5.91 Å². The number of hydrogen-bond acceptors (Lipinski definition) is 3. The molecule has 166 valence electrons. The van der Waals surface area contributed by atoms with E-state index in [0.29, 0.717) is 39.4 Å². The Kier molecular flexibility index (Phi) is 6.15. The van der Waals surface area contributed by atoms with Crippen LogP contribution in [0.15, 0.2) is 72.8 Å². The van der Waals surface area contributed by atoms with Crippen LogP contribution in [-0.4, -0.2) is 42.0 Å². The maximum absolute atomic E-state index is 13.6. The number of amides is 1. The molecule has 7 heteroatoms. The monoisotopic (exact) mass is 495 g/mol. The number of pyridine rings is 1. The normalized spacial score (nSPS) is 14.0. The Bertz CT molecular complexity index is 1350. The molecule has 0 aliphatic carbocycles. The summed E-state index contributed by atoms with van der Waals surface area (Å²) in [5.74, 6) is -0.00863. The minimum absolute atomic E-state index is 0.00863. The lowest BCUT2D eigenvalue weighted by molar-refractivity contribution is 0.0748. The highest BCUT2D eigenvalue weighted by Crippen LogP contribution is 2.32. The van der Waals surface area contributed by atoms with Gasteiger partial charge in [-0.15, -0.1) is 0 Å². The van der Waals surface area contributed by atoms with Gasteiger partial charge in [0.05, 0.1) is 21.8 Å². The summed E-state index contributed by atoms with van der Waals surface area (Å²) in [7, 11) is 0. The second-order valence-corrected chi connectivity index (χ2v) is 9.24. The molecule has 0 bridgehead atoms. The molecule has 1 saturated heterocycles. The molecule has 0 radical (unpaired) electrons. The Balaban J connectivity index is 1.46. The van der Waals surface area contributed by atoms with Gasteiger partial charge in [-0.25, -0.2) is 4.98 Å². The topological polar surface area (TPSA) is 36.4 Å². The van der Waals surface area contributed by atoms with E-state index < -0.39 is 0 Å². The summed E-state index contributed by atoms with van der Waals surface area (Å²) in [6.45, 7) is 2.73. The van der Waals surface area contributed by atoms with Gasteiger partial charge in [0.1, 0.15) is 0 Å². The number of aromatic nitrogens is 1. The SMILES string of the molecule is O=C(c1cc(-c2ccc(Cl)cc2Cl)nc2ccccc12)N1CCN(c2cccc(Cl)c2)CC1. The summed E-state index contributed by atoms with van der Waals surface area (Å²) < 4.78 is 0. The van der Waals surface area contributed by atoms with Gasteiger partial charge < -0.3 is 9.80 Å². The van der Waals surface area contributed by atoms with Crippen molar-refractivity contribution in [2.75, 3.05) is 31.1 Å². The number of benzene rings is 3. The third kappa shape index (κ3) is 4.51. The van der Waals surface area contributed by atoms with Gasteiger partial charge in [0.25, 0.3) is 5.91 Å². The van der Waals surface area contributed by atoms with Crippen molar-refractivity contribution in [2.24, 2.45) is 0 Å². The average Bonchev–Trinajstić information content (AvgIpc) is 2.83. The first kappa shape index (κ1) is 22.0. The summed E-state index contributed by atoms with van der Waals surface area (Å²) in [5, 5.41) is 2.59. The number of halogens is 3. The highest BCUT2D eigenvalue weighted by Gasteiger charge is 2.25. The number of nitrogens with zero attached hydrogens (tertiary/aromatic N) is 3. The lowest BCUT2D eigenvalue weighted by Crippen LogP contribution is -2.48. The molecule has 2 heterocycles. The predicted molar refractivity (Wildman–Crippen MR) is 137 cm³/mol. The van der Waals surface area contributed by atoms with Crippen molar-refractivity contribution in [1.82, 2.24) is 9.88 Å². The van der Waals surface area contributed by atoms with Crippen molar-refractivity contribution in [3.63, 3.8) is 0 Å². The zero-order valence-corrected chi connectivity index (χ0v) is 19.9. The van der Waals surface area contributed by atoms with Crippen LogP contribution < -0.4 is 4.90 Å². The molecule has 0 atom stereocenters. The van der Waals surface area contributed by atoms with E-state index in [1.165, 1.54) is 0 Å². The number of anilines is 1. The number of para-hydroxylation sites is 1. The fourth-order valence-corrected chi connectivity index (χ4v) is 4.89. The quantitative estimate of drug-likeness (QED) is 0.312. The molecule has 1 aliphatic heterocycles. The van der Waals surface area contributed by atoms with Crippen molar-refractivity contribution in [3.8, 4) is 11.3 Å². The molecule has 4 aromatic rings. The van der Waals surface area contributed by atoms with Crippen molar-refractivity contribution in [3.05, 3.63) is 93.4 Å². The first-order valence-electron chi connectivity index (χ1n) is 10.6. The Hall–Kier alpha value is -2.79. The van der Waals surface area contributed by atoms with E-state index in [9.17, 15) is 4.79 Å². The minimum Gasteiger partial charge on any atom is -0.368 e. The number of carbonyl (C=O) groups is 1. The van der Waals surface area contributed by atoms with Gasteiger partial charge in [0, 0.05) is 52.9 Å². The molecule has 0 N–H and O–H groups in total. The third-order valence-corrected chi connectivity index (χ3v) is 6.68. The largest absolute Gasteiger partial charge is 0.368 e. The molecule has 1 fully saturated rings. The van der Waals surface area contributed by atoms with Gasteiger partial charge in [0.2, 0.25) is 0 Å². The standard InChI is InChI=1S/C26H20Cl3N3O/c27-17-4-3-5-19(14-17)31-10-12-32(13-11-31)26(33)22-16-25(21-9-8-18(28)15-23(21)29)30-24-7-2-1-6-20(22)24/h1-9,14-16H,10-13H2. The smallest absolute Gasteiger partial charge is 0.254 e. The second kappa shape index (κ2) is 9.22. The Labute approximate surface area is 207 Å². The summed E-state index contributed by atoms with van der Waals surface area (Å²) in [4.78, 5) is 22.6. The number of piperazine rings is 1. The molecule has 0 unspecified atom stereocenters. The van der Waals surface area contributed by atoms with E-state index >= 15 is 0 Å².